The van der Waals surface area contributed by atoms with Crippen LogP contribution in [-0.2, 0) is 6.42 Å². The van der Waals surface area contributed by atoms with Gasteiger partial charge in [-0.3, -0.25) is 0 Å². The topological polar surface area (TPSA) is 64.9 Å². The molecule has 0 aliphatic heterocycles. The molecule has 3 nitrogen and oxygen atoms in total. The van der Waals surface area contributed by atoms with Gasteiger partial charge < -0.3 is 11.5 Å². The Labute approximate surface area is 113 Å². The molecule has 0 spiro atoms. The molecule has 1 heterocycles. The average molecular weight is 310 g/mol. The molecule has 1 unspecified atom stereocenters. The summed E-state index contributed by atoms with van der Waals surface area (Å²) in [5, 5.41) is 0. The number of pyridine rings is 1. The van der Waals surface area contributed by atoms with Gasteiger partial charge in [-0.2, -0.15) is 0 Å². The van der Waals surface area contributed by atoms with Crippen molar-refractivity contribution in [2.45, 2.75) is 12.5 Å². The maximum absolute atomic E-state index is 13.7. The fourth-order valence-electron chi connectivity index (χ4n) is 1.77. The van der Waals surface area contributed by atoms with Gasteiger partial charge >= 0.3 is 0 Å². The van der Waals surface area contributed by atoms with Crippen molar-refractivity contribution in [3.63, 3.8) is 0 Å². The molecule has 0 saturated carbocycles. The molecule has 2 aromatic rings. The number of rotatable bonds is 3. The third-order valence-corrected chi connectivity index (χ3v) is 3.22. The molecular weight excluding hydrogens is 297 g/mol. The van der Waals surface area contributed by atoms with Gasteiger partial charge in [0.25, 0.3) is 0 Å². The Balaban J connectivity index is 2.25. The molecule has 1 aromatic carbocycles. The van der Waals surface area contributed by atoms with Gasteiger partial charge in [-0.05, 0) is 36.2 Å². The molecule has 0 bridgehead atoms. The van der Waals surface area contributed by atoms with Gasteiger partial charge in [0.1, 0.15) is 11.6 Å². The number of hydrogen-bond donors (Lipinski definition) is 2. The summed E-state index contributed by atoms with van der Waals surface area (Å²) in [6, 6.07) is 7.91. The normalized spacial score (nSPS) is 12.4. The Morgan fingerprint density at radius 2 is 2.11 bits per heavy atom. The van der Waals surface area contributed by atoms with Gasteiger partial charge in [-0.25, -0.2) is 9.37 Å². The maximum Gasteiger partial charge on any atom is 0.128 e. The molecular formula is C13H13BrFN3. The summed E-state index contributed by atoms with van der Waals surface area (Å²) < 4.78 is 14.5. The zero-order valence-electron chi connectivity index (χ0n) is 9.61. The van der Waals surface area contributed by atoms with E-state index in [9.17, 15) is 4.39 Å². The van der Waals surface area contributed by atoms with Gasteiger partial charge in [0.15, 0.2) is 0 Å². The average Bonchev–Trinajstić information content (AvgIpc) is 2.35. The summed E-state index contributed by atoms with van der Waals surface area (Å²) in [6.45, 7) is 0. The Morgan fingerprint density at radius 1 is 1.33 bits per heavy atom. The number of aromatic nitrogens is 1. The second kappa shape index (κ2) is 5.46. The number of nitrogen functional groups attached to an aromatic ring is 1. The Bertz CT molecular complexity index is 560. The summed E-state index contributed by atoms with van der Waals surface area (Å²) >= 11 is 3.31. The van der Waals surface area contributed by atoms with E-state index in [2.05, 4.69) is 20.9 Å². The summed E-state index contributed by atoms with van der Waals surface area (Å²) in [5.41, 5.74) is 13.1. The second-order valence-corrected chi connectivity index (χ2v) is 4.94. The van der Waals surface area contributed by atoms with Crippen LogP contribution < -0.4 is 11.5 Å². The van der Waals surface area contributed by atoms with Gasteiger partial charge in [-0.15, -0.1) is 0 Å². The van der Waals surface area contributed by atoms with Gasteiger partial charge in [-0.1, -0.05) is 22.0 Å². The third-order valence-electron chi connectivity index (χ3n) is 2.72. The van der Waals surface area contributed by atoms with E-state index in [0.717, 1.165) is 10.0 Å². The monoisotopic (exact) mass is 309 g/mol. The fraction of sp³-hybridized carbons (Fsp3) is 0.154. The highest BCUT2D eigenvalue weighted by Crippen LogP contribution is 2.24. The Morgan fingerprint density at radius 3 is 2.83 bits per heavy atom. The molecule has 4 N–H and O–H groups in total. The molecule has 1 aromatic heterocycles. The molecule has 5 heteroatoms. The van der Waals surface area contributed by atoms with Crippen LogP contribution in [0.1, 0.15) is 17.2 Å². The number of halogens is 2. The molecule has 0 aliphatic carbocycles. The van der Waals surface area contributed by atoms with E-state index < -0.39 is 6.04 Å². The zero-order chi connectivity index (χ0) is 13.1. The molecule has 2 rings (SSSR count). The standard InChI is InChI=1S/C13H13BrFN3/c14-9-3-4-11(15)10(7-9)12(16)6-8-2-1-5-18-13(8)17/h1-5,7,12H,6,16H2,(H2,17,18). The van der Waals surface area contributed by atoms with Gasteiger partial charge in [0.05, 0.1) is 0 Å². The lowest BCUT2D eigenvalue weighted by Gasteiger charge is -2.14. The van der Waals surface area contributed by atoms with Crippen LogP contribution in [0.15, 0.2) is 41.0 Å². The quantitative estimate of drug-likeness (QED) is 0.916. The van der Waals surface area contributed by atoms with Crippen molar-refractivity contribution in [1.82, 2.24) is 4.98 Å². The molecule has 0 saturated heterocycles. The predicted octanol–water partition coefficient (Wildman–Crippen LogP) is 2.81. The first-order valence-corrected chi connectivity index (χ1v) is 6.27. The summed E-state index contributed by atoms with van der Waals surface area (Å²) in [7, 11) is 0. The minimum atomic E-state index is -0.450. The first-order chi connectivity index (χ1) is 8.58. The van der Waals surface area contributed by atoms with E-state index in [-0.39, 0.29) is 5.82 Å². The van der Waals surface area contributed by atoms with E-state index >= 15 is 0 Å². The lowest BCUT2D eigenvalue weighted by molar-refractivity contribution is 0.580. The summed E-state index contributed by atoms with van der Waals surface area (Å²) in [4.78, 5) is 3.99. The molecule has 94 valence electrons. The van der Waals surface area contributed by atoms with Crippen molar-refractivity contribution in [2.24, 2.45) is 5.73 Å². The number of anilines is 1. The predicted molar refractivity (Wildman–Crippen MR) is 73.4 cm³/mol. The molecule has 0 fully saturated rings. The van der Waals surface area contributed by atoms with Crippen LogP contribution >= 0.6 is 15.9 Å². The number of benzene rings is 1. The van der Waals surface area contributed by atoms with Crippen LogP contribution in [0.4, 0.5) is 10.2 Å². The summed E-state index contributed by atoms with van der Waals surface area (Å²) in [5.74, 6) is 0.122. The largest absolute Gasteiger partial charge is 0.383 e. The van der Waals surface area contributed by atoms with Crippen LogP contribution in [0, 0.1) is 5.82 Å². The first-order valence-electron chi connectivity index (χ1n) is 5.48. The van der Waals surface area contributed by atoms with Crippen LogP contribution in [0.25, 0.3) is 0 Å². The zero-order valence-corrected chi connectivity index (χ0v) is 11.2. The minimum absolute atomic E-state index is 0.312. The van der Waals surface area contributed by atoms with Crippen molar-refractivity contribution in [2.75, 3.05) is 5.73 Å². The highest BCUT2D eigenvalue weighted by atomic mass is 79.9. The maximum atomic E-state index is 13.7. The van der Waals surface area contributed by atoms with Gasteiger partial charge in [0.2, 0.25) is 0 Å². The number of nitrogens with zero attached hydrogens (tertiary/aromatic N) is 1. The van der Waals surface area contributed by atoms with Crippen LogP contribution in [0.3, 0.4) is 0 Å². The highest BCUT2D eigenvalue weighted by molar-refractivity contribution is 9.10. The van der Waals surface area contributed by atoms with Crippen molar-refractivity contribution < 1.29 is 4.39 Å². The summed E-state index contributed by atoms with van der Waals surface area (Å²) in [6.07, 6.45) is 2.07. The first kappa shape index (κ1) is 13.0. The molecule has 0 aliphatic rings. The SMILES string of the molecule is Nc1ncccc1CC(N)c1cc(Br)ccc1F. The minimum Gasteiger partial charge on any atom is -0.383 e. The molecule has 18 heavy (non-hydrogen) atoms. The third kappa shape index (κ3) is 2.86. The molecule has 1 atom stereocenters. The van der Waals surface area contributed by atoms with E-state index in [0.29, 0.717) is 17.8 Å². The lowest BCUT2D eigenvalue weighted by atomic mass is 10.00. The van der Waals surface area contributed by atoms with Crippen LogP contribution in [-0.4, -0.2) is 4.98 Å². The molecule has 0 amide bonds. The van der Waals surface area contributed by atoms with Crippen molar-refractivity contribution >= 4 is 21.7 Å². The smallest absolute Gasteiger partial charge is 0.128 e. The Kier molecular flexibility index (Phi) is 3.93. The highest BCUT2D eigenvalue weighted by Gasteiger charge is 2.14. The van der Waals surface area contributed by atoms with Crippen molar-refractivity contribution in [3.8, 4) is 0 Å². The van der Waals surface area contributed by atoms with Crippen molar-refractivity contribution in [3.05, 3.63) is 57.9 Å². The van der Waals surface area contributed by atoms with E-state index in [1.807, 2.05) is 6.07 Å². The molecule has 0 radical (unpaired) electrons. The Hall–Kier alpha value is -1.46. The number of hydrogen-bond acceptors (Lipinski definition) is 3. The van der Waals surface area contributed by atoms with Crippen LogP contribution in [0.2, 0.25) is 0 Å². The van der Waals surface area contributed by atoms with E-state index in [1.165, 1.54) is 6.07 Å². The van der Waals surface area contributed by atoms with Crippen LogP contribution in [0.5, 0.6) is 0 Å². The van der Waals surface area contributed by atoms with Crippen molar-refractivity contribution in [1.29, 1.82) is 0 Å². The fourth-order valence-corrected chi connectivity index (χ4v) is 2.15. The van der Waals surface area contributed by atoms with E-state index in [1.54, 1.807) is 24.4 Å². The van der Waals surface area contributed by atoms with Gasteiger partial charge in [0, 0.05) is 22.3 Å². The lowest BCUT2D eigenvalue weighted by Crippen LogP contribution is -2.16. The van der Waals surface area contributed by atoms with E-state index in [4.69, 9.17) is 11.5 Å². The second-order valence-electron chi connectivity index (χ2n) is 4.02. The number of nitrogens with two attached hydrogens (primary N) is 2.